The Bertz CT molecular complexity index is 381. The van der Waals surface area contributed by atoms with Gasteiger partial charge < -0.3 is 10.5 Å². The van der Waals surface area contributed by atoms with Gasteiger partial charge in [-0.1, -0.05) is 25.1 Å². The Hall–Kier alpha value is -0.860. The molecule has 1 aromatic rings. The molecule has 1 aliphatic carbocycles. The molecule has 0 heterocycles. The average molecular weight is 247 g/mol. The van der Waals surface area contributed by atoms with Gasteiger partial charge in [-0.05, 0) is 55.2 Å². The molecule has 0 unspecified atom stereocenters. The van der Waals surface area contributed by atoms with E-state index >= 15 is 0 Å². The Morgan fingerprint density at radius 2 is 1.94 bits per heavy atom. The van der Waals surface area contributed by atoms with E-state index in [4.69, 9.17) is 10.5 Å². The van der Waals surface area contributed by atoms with Gasteiger partial charge in [-0.3, -0.25) is 0 Å². The standard InChI is InChI=1S/C16H25NO/c1-12-3-7-16(8-4-12)18-11-15-6-5-14(10-17)9-13(15)2/h5-6,9,12,16H,3-4,7-8,10-11,17H2,1-2H3. The fourth-order valence-electron chi connectivity index (χ4n) is 2.65. The van der Waals surface area contributed by atoms with Gasteiger partial charge in [0, 0.05) is 6.54 Å². The molecular formula is C16H25NO. The summed E-state index contributed by atoms with van der Waals surface area (Å²) in [5, 5.41) is 0. The summed E-state index contributed by atoms with van der Waals surface area (Å²) in [5.74, 6) is 0.885. The first kappa shape index (κ1) is 13.6. The lowest BCUT2D eigenvalue weighted by atomic mass is 9.89. The van der Waals surface area contributed by atoms with E-state index in [0.717, 1.165) is 12.5 Å². The van der Waals surface area contributed by atoms with E-state index in [-0.39, 0.29) is 0 Å². The molecule has 100 valence electrons. The third-order valence-corrected chi connectivity index (χ3v) is 4.08. The molecule has 0 amide bonds. The van der Waals surface area contributed by atoms with Crippen molar-refractivity contribution in [2.24, 2.45) is 11.7 Å². The maximum absolute atomic E-state index is 6.04. The molecule has 0 aliphatic heterocycles. The summed E-state index contributed by atoms with van der Waals surface area (Å²) in [6, 6.07) is 6.43. The first-order valence-corrected chi connectivity index (χ1v) is 7.09. The highest BCUT2D eigenvalue weighted by Crippen LogP contribution is 2.26. The van der Waals surface area contributed by atoms with Crippen molar-refractivity contribution < 1.29 is 4.74 Å². The van der Waals surface area contributed by atoms with Gasteiger partial charge >= 0.3 is 0 Å². The number of hydrogen-bond donors (Lipinski definition) is 1. The third kappa shape index (κ3) is 3.56. The van der Waals surface area contributed by atoms with E-state index in [1.807, 2.05) is 0 Å². The minimum atomic E-state index is 0.467. The Morgan fingerprint density at radius 3 is 2.56 bits per heavy atom. The molecule has 0 radical (unpaired) electrons. The number of rotatable bonds is 4. The molecule has 2 heteroatoms. The van der Waals surface area contributed by atoms with E-state index < -0.39 is 0 Å². The van der Waals surface area contributed by atoms with Gasteiger partial charge in [0.05, 0.1) is 12.7 Å². The summed E-state index contributed by atoms with van der Waals surface area (Å²) in [5.41, 5.74) is 9.43. The van der Waals surface area contributed by atoms with Crippen LogP contribution in [0.3, 0.4) is 0 Å². The van der Waals surface area contributed by atoms with Crippen LogP contribution in [0.5, 0.6) is 0 Å². The molecule has 0 spiro atoms. The second-order valence-electron chi connectivity index (χ2n) is 5.66. The normalized spacial score (nSPS) is 24.2. The van der Waals surface area contributed by atoms with Crippen LogP contribution < -0.4 is 5.73 Å². The van der Waals surface area contributed by atoms with E-state index in [1.54, 1.807) is 0 Å². The van der Waals surface area contributed by atoms with Crippen LogP contribution in [-0.4, -0.2) is 6.10 Å². The van der Waals surface area contributed by atoms with Crippen molar-refractivity contribution in [3.8, 4) is 0 Å². The van der Waals surface area contributed by atoms with Crippen molar-refractivity contribution in [1.29, 1.82) is 0 Å². The van der Waals surface area contributed by atoms with Crippen LogP contribution >= 0.6 is 0 Å². The van der Waals surface area contributed by atoms with Gasteiger partial charge in [0.2, 0.25) is 0 Å². The fourth-order valence-corrected chi connectivity index (χ4v) is 2.65. The number of nitrogens with two attached hydrogens (primary N) is 1. The van der Waals surface area contributed by atoms with Crippen molar-refractivity contribution in [3.05, 3.63) is 34.9 Å². The largest absolute Gasteiger partial charge is 0.374 e. The Labute approximate surface area is 111 Å². The van der Waals surface area contributed by atoms with Gasteiger partial charge in [-0.25, -0.2) is 0 Å². The van der Waals surface area contributed by atoms with Crippen LogP contribution in [0.4, 0.5) is 0 Å². The summed E-state index contributed by atoms with van der Waals surface area (Å²) in [7, 11) is 0. The second-order valence-corrected chi connectivity index (χ2v) is 5.66. The van der Waals surface area contributed by atoms with Crippen molar-refractivity contribution >= 4 is 0 Å². The van der Waals surface area contributed by atoms with Crippen molar-refractivity contribution in [2.75, 3.05) is 0 Å². The Balaban J connectivity index is 1.86. The zero-order valence-corrected chi connectivity index (χ0v) is 11.6. The molecular weight excluding hydrogens is 222 g/mol. The fraction of sp³-hybridized carbons (Fsp3) is 0.625. The number of benzene rings is 1. The summed E-state index contributed by atoms with van der Waals surface area (Å²) in [4.78, 5) is 0. The van der Waals surface area contributed by atoms with Crippen LogP contribution in [0.25, 0.3) is 0 Å². The molecule has 2 rings (SSSR count). The molecule has 1 saturated carbocycles. The topological polar surface area (TPSA) is 35.2 Å². The predicted molar refractivity (Wildman–Crippen MR) is 75.3 cm³/mol. The molecule has 18 heavy (non-hydrogen) atoms. The Kier molecular flexibility index (Phi) is 4.79. The zero-order chi connectivity index (χ0) is 13.0. The number of hydrogen-bond acceptors (Lipinski definition) is 2. The molecule has 1 aromatic carbocycles. The van der Waals surface area contributed by atoms with E-state index in [0.29, 0.717) is 12.6 Å². The highest BCUT2D eigenvalue weighted by Gasteiger charge is 2.18. The highest BCUT2D eigenvalue weighted by molar-refractivity contribution is 5.30. The lowest BCUT2D eigenvalue weighted by Gasteiger charge is -2.26. The second kappa shape index (κ2) is 6.35. The third-order valence-electron chi connectivity index (χ3n) is 4.08. The van der Waals surface area contributed by atoms with Crippen molar-refractivity contribution in [2.45, 2.75) is 58.8 Å². The molecule has 0 bridgehead atoms. The highest BCUT2D eigenvalue weighted by atomic mass is 16.5. The first-order chi connectivity index (χ1) is 8.69. The minimum absolute atomic E-state index is 0.467. The van der Waals surface area contributed by atoms with Gasteiger partial charge in [-0.2, -0.15) is 0 Å². The van der Waals surface area contributed by atoms with E-state index in [2.05, 4.69) is 32.0 Å². The summed E-state index contributed by atoms with van der Waals surface area (Å²) in [6.07, 6.45) is 5.54. The SMILES string of the molecule is Cc1cc(CN)ccc1COC1CCC(C)CC1. The predicted octanol–water partition coefficient (Wildman–Crippen LogP) is 3.55. The van der Waals surface area contributed by atoms with Gasteiger partial charge in [0.25, 0.3) is 0 Å². The number of ether oxygens (including phenoxy) is 1. The lowest BCUT2D eigenvalue weighted by Crippen LogP contribution is -2.20. The number of aryl methyl sites for hydroxylation is 1. The maximum atomic E-state index is 6.04. The van der Waals surface area contributed by atoms with E-state index in [9.17, 15) is 0 Å². The smallest absolute Gasteiger partial charge is 0.0723 e. The lowest BCUT2D eigenvalue weighted by molar-refractivity contribution is 0.00856. The molecule has 2 N–H and O–H groups in total. The average Bonchev–Trinajstić information content (AvgIpc) is 2.39. The van der Waals surface area contributed by atoms with Crippen molar-refractivity contribution in [1.82, 2.24) is 0 Å². The quantitative estimate of drug-likeness (QED) is 0.883. The van der Waals surface area contributed by atoms with Gasteiger partial charge in [0.15, 0.2) is 0 Å². The summed E-state index contributed by atoms with van der Waals surface area (Å²) < 4.78 is 6.04. The van der Waals surface area contributed by atoms with Crippen LogP contribution in [0.1, 0.15) is 49.3 Å². The van der Waals surface area contributed by atoms with Crippen molar-refractivity contribution in [3.63, 3.8) is 0 Å². The molecule has 1 fully saturated rings. The summed E-state index contributed by atoms with van der Waals surface area (Å²) >= 11 is 0. The van der Waals surface area contributed by atoms with Crippen LogP contribution in [0, 0.1) is 12.8 Å². The monoisotopic (exact) mass is 247 g/mol. The molecule has 0 saturated heterocycles. The first-order valence-electron chi connectivity index (χ1n) is 7.09. The van der Waals surface area contributed by atoms with Gasteiger partial charge in [-0.15, -0.1) is 0 Å². The molecule has 0 atom stereocenters. The Morgan fingerprint density at radius 1 is 1.22 bits per heavy atom. The molecule has 1 aliphatic rings. The molecule has 2 nitrogen and oxygen atoms in total. The van der Waals surface area contributed by atoms with Crippen LogP contribution in [0.2, 0.25) is 0 Å². The molecule has 0 aromatic heterocycles. The van der Waals surface area contributed by atoms with E-state index in [1.165, 1.54) is 42.4 Å². The minimum Gasteiger partial charge on any atom is -0.374 e. The van der Waals surface area contributed by atoms with Crippen LogP contribution in [0.15, 0.2) is 18.2 Å². The maximum Gasteiger partial charge on any atom is 0.0723 e. The van der Waals surface area contributed by atoms with Gasteiger partial charge in [0.1, 0.15) is 0 Å². The zero-order valence-electron chi connectivity index (χ0n) is 11.6. The van der Waals surface area contributed by atoms with Crippen LogP contribution in [-0.2, 0) is 17.9 Å². The summed E-state index contributed by atoms with van der Waals surface area (Å²) in [6.45, 7) is 5.84.